The Morgan fingerprint density at radius 1 is 1.12 bits per heavy atom. The molecular formula is C18H22ClN3O3S. The number of β-amino-alcohol motifs (C(OH)–C–C–N with tert-alkyl or cyclic N) is 1. The van der Waals surface area contributed by atoms with Gasteiger partial charge in [-0.2, -0.15) is 0 Å². The standard InChI is InChI=1S/C18H21N3O3S.ClH/c22-15-11-19-9-14(15)10-21-17(23)13-5-3-12(4-6-13)8-20-18(24)16-2-1-7-25-16;/h1-7,14-15,19,22H,8-11H2,(H,20,24)(H,21,23);1H. The summed E-state index contributed by atoms with van der Waals surface area (Å²) < 4.78 is 0. The first-order chi connectivity index (χ1) is 12.1. The normalized spacial score (nSPS) is 18.8. The Kier molecular flexibility index (Phi) is 7.59. The molecule has 3 rings (SSSR count). The van der Waals surface area contributed by atoms with Gasteiger partial charge in [-0.25, -0.2) is 0 Å². The Balaban J connectivity index is 0.00000243. The number of halogens is 1. The third-order valence-electron chi connectivity index (χ3n) is 4.24. The van der Waals surface area contributed by atoms with Gasteiger partial charge in [-0.3, -0.25) is 9.59 Å². The highest BCUT2D eigenvalue weighted by atomic mass is 35.5. The monoisotopic (exact) mass is 395 g/mol. The highest BCUT2D eigenvalue weighted by Gasteiger charge is 2.25. The van der Waals surface area contributed by atoms with Gasteiger partial charge in [0, 0.05) is 37.7 Å². The van der Waals surface area contributed by atoms with Gasteiger partial charge in [0.25, 0.3) is 11.8 Å². The fourth-order valence-electron chi connectivity index (χ4n) is 2.70. The summed E-state index contributed by atoms with van der Waals surface area (Å²) in [4.78, 5) is 24.7. The van der Waals surface area contributed by atoms with E-state index >= 15 is 0 Å². The second kappa shape index (κ2) is 9.68. The molecule has 0 saturated carbocycles. The SMILES string of the molecule is Cl.O=C(NCC1CNCC1O)c1ccc(CNC(=O)c2cccs2)cc1. The van der Waals surface area contributed by atoms with Crippen LogP contribution in [-0.2, 0) is 6.54 Å². The third-order valence-corrected chi connectivity index (χ3v) is 5.11. The molecule has 1 fully saturated rings. The molecule has 4 N–H and O–H groups in total. The van der Waals surface area contributed by atoms with Crippen molar-refractivity contribution in [2.24, 2.45) is 5.92 Å². The smallest absolute Gasteiger partial charge is 0.261 e. The van der Waals surface area contributed by atoms with Gasteiger partial charge in [-0.05, 0) is 29.1 Å². The van der Waals surface area contributed by atoms with Crippen LogP contribution >= 0.6 is 23.7 Å². The van der Waals surface area contributed by atoms with Crippen LogP contribution in [-0.4, -0.2) is 42.7 Å². The molecule has 26 heavy (non-hydrogen) atoms. The summed E-state index contributed by atoms with van der Waals surface area (Å²) in [6.45, 7) is 2.15. The summed E-state index contributed by atoms with van der Waals surface area (Å²) in [6, 6.07) is 10.8. The van der Waals surface area contributed by atoms with Crippen molar-refractivity contribution in [1.82, 2.24) is 16.0 Å². The van der Waals surface area contributed by atoms with E-state index in [1.807, 2.05) is 23.6 Å². The number of amides is 2. The van der Waals surface area contributed by atoms with Crippen LogP contribution in [0.5, 0.6) is 0 Å². The Hall–Kier alpha value is -1.93. The zero-order valence-corrected chi connectivity index (χ0v) is 15.7. The highest BCUT2D eigenvalue weighted by molar-refractivity contribution is 7.12. The minimum Gasteiger partial charge on any atom is -0.391 e. The maximum Gasteiger partial charge on any atom is 0.261 e. The molecule has 2 amide bonds. The van der Waals surface area contributed by atoms with E-state index in [-0.39, 0.29) is 30.1 Å². The second-order valence-electron chi connectivity index (χ2n) is 6.05. The van der Waals surface area contributed by atoms with Crippen molar-refractivity contribution < 1.29 is 14.7 Å². The van der Waals surface area contributed by atoms with Gasteiger partial charge in [-0.1, -0.05) is 18.2 Å². The number of benzene rings is 1. The predicted molar refractivity (Wildman–Crippen MR) is 104 cm³/mol. The van der Waals surface area contributed by atoms with Gasteiger partial charge < -0.3 is 21.1 Å². The zero-order valence-electron chi connectivity index (χ0n) is 14.1. The molecule has 2 unspecified atom stereocenters. The fraction of sp³-hybridized carbons (Fsp3) is 0.333. The number of hydrogen-bond donors (Lipinski definition) is 4. The Labute approximate surface area is 162 Å². The number of aliphatic hydroxyl groups excluding tert-OH is 1. The van der Waals surface area contributed by atoms with E-state index in [2.05, 4.69) is 16.0 Å². The van der Waals surface area contributed by atoms with Crippen molar-refractivity contribution in [3.63, 3.8) is 0 Å². The van der Waals surface area contributed by atoms with Crippen LogP contribution in [0.1, 0.15) is 25.6 Å². The maximum atomic E-state index is 12.2. The molecule has 8 heteroatoms. The van der Waals surface area contributed by atoms with Crippen LogP contribution in [0.3, 0.4) is 0 Å². The molecule has 1 aromatic heterocycles. The number of carbonyl (C=O) groups is 2. The van der Waals surface area contributed by atoms with Crippen molar-refractivity contribution in [2.45, 2.75) is 12.6 Å². The fourth-order valence-corrected chi connectivity index (χ4v) is 3.34. The van der Waals surface area contributed by atoms with Crippen molar-refractivity contribution in [3.05, 3.63) is 57.8 Å². The van der Waals surface area contributed by atoms with Gasteiger partial charge in [-0.15, -0.1) is 23.7 Å². The average Bonchev–Trinajstić information content (AvgIpc) is 3.30. The summed E-state index contributed by atoms with van der Waals surface area (Å²) in [5.74, 6) is -0.204. The molecule has 2 aromatic rings. The number of nitrogens with one attached hydrogen (secondary N) is 3. The third kappa shape index (κ3) is 5.28. The quantitative estimate of drug-likeness (QED) is 0.595. The van der Waals surface area contributed by atoms with E-state index in [1.165, 1.54) is 11.3 Å². The minimum atomic E-state index is -0.408. The maximum absolute atomic E-state index is 12.2. The first-order valence-electron chi connectivity index (χ1n) is 8.21. The molecule has 1 aliphatic heterocycles. The molecule has 2 atom stereocenters. The predicted octanol–water partition coefficient (Wildman–Crippen LogP) is 1.41. The summed E-state index contributed by atoms with van der Waals surface area (Å²) in [6.07, 6.45) is -0.408. The Morgan fingerprint density at radius 2 is 1.88 bits per heavy atom. The van der Waals surface area contributed by atoms with Crippen LogP contribution in [0.15, 0.2) is 41.8 Å². The molecule has 6 nitrogen and oxygen atoms in total. The average molecular weight is 396 g/mol. The van der Waals surface area contributed by atoms with E-state index in [0.717, 1.165) is 5.56 Å². The molecule has 1 aromatic carbocycles. The number of carbonyl (C=O) groups excluding carboxylic acids is 2. The second-order valence-corrected chi connectivity index (χ2v) is 7.00. The molecule has 140 valence electrons. The van der Waals surface area contributed by atoms with Crippen LogP contribution < -0.4 is 16.0 Å². The van der Waals surface area contributed by atoms with Gasteiger partial charge in [0.15, 0.2) is 0 Å². The van der Waals surface area contributed by atoms with Crippen LogP contribution in [0.2, 0.25) is 0 Å². The van der Waals surface area contributed by atoms with E-state index in [4.69, 9.17) is 0 Å². The van der Waals surface area contributed by atoms with Gasteiger partial charge in [0.1, 0.15) is 0 Å². The minimum absolute atomic E-state index is 0. The van der Waals surface area contributed by atoms with Gasteiger partial charge in [0.2, 0.25) is 0 Å². The van der Waals surface area contributed by atoms with Gasteiger partial charge in [0.05, 0.1) is 11.0 Å². The van der Waals surface area contributed by atoms with Crippen molar-refractivity contribution in [1.29, 1.82) is 0 Å². The van der Waals surface area contributed by atoms with Crippen molar-refractivity contribution >= 4 is 35.6 Å². The van der Waals surface area contributed by atoms with E-state index in [1.54, 1.807) is 18.2 Å². The van der Waals surface area contributed by atoms with Crippen LogP contribution in [0.25, 0.3) is 0 Å². The number of thiophene rings is 1. The lowest BCUT2D eigenvalue weighted by atomic mass is 10.1. The number of rotatable bonds is 6. The largest absolute Gasteiger partial charge is 0.391 e. The Morgan fingerprint density at radius 3 is 2.50 bits per heavy atom. The van der Waals surface area contributed by atoms with Crippen molar-refractivity contribution in [3.8, 4) is 0 Å². The van der Waals surface area contributed by atoms with Gasteiger partial charge >= 0.3 is 0 Å². The van der Waals surface area contributed by atoms with E-state index in [9.17, 15) is 14.7 Å². The Bertz CT molecular complexity index is 722. The molecule has 0 radical (unpaired) electrons. The molecule has 2 heterocycles. The summed E-state index contributed by atoms with van der Waals surface area (Å²) in [5, 5.41) is 20.4. The van der Waals surface area contributed by atoms with Crippen LogP contribution in [0, 0.1) is 5.92 Å². The molecule has 1 saturated heterocycles. The zero-order chi connectivity index (χ0) is 17.6. The lowest BCUT2D eigenvalue weighted by Gasteiger charge is -2.14. The van der Waals surface area contributed by atoms with E-state index < -0.39 is 6.10 Å². The van der Waals surface area contributed by atoms with Crippen molar-refractivity contribution in [2.75, 3.05) is 19.6 Å². The molecule has 0 spiro atoms. The first kappa shape index (κ1) is 20.4. The summed E-state index contributed by atoms with van der Waals surface area (Å²) in [5.41, 5.74) is 1.49. The summed E-state index contributed by atoms with van der Waals surface area (Å²) >= 11 is 1.40. The lowest BCUT2D eigenvalue weighted by Crippen LogP contribution is -2.34. The first-order valence-corrected chi connectivity index (χ1v) is 9.09. The van der Waals surface area contributed by atoms with E-state index in [0.29, 0.717) is 36.6 Å². The highest BCUT2D eigenvalue weighted by Crippen LogP contribution is 2.10. The molecule has 1 aliphatic rings. The topological polar surface area (TPSA) is 90.5 Å². The number of aliphatic hydroxyl groups is 1. The summed E-state index contributed by atoms with van der Waals surface area (Å²) in [7, 11) is 0. The molecule has 0 aliphatic carbocycles. The lowest BCUT2D eigenvalue weighted by molar-refractivity contribution is 0.0924. The molecule has 0 bridgehead atoms. The molecular weight excluding hydrogens is 374 g/mol. The number of hydrogen-bond acceptors (Lipinski definition) is 5. The van der Waals surface area contributed by atoms with Crippen LogP contribution in [0.4, 0.5) is 0 Å².